The maximum absolute atomic E-state index is 13.8. The molecule has 148 valence electrons. The minimum atomic E-state index is -4.36. The minimum Gasteiger partial charge on any atom is -0.452 e. The highest BCUT2D eigenvalue weighted by molar-refractivity contribution is 7.89. The third-order valence-electron chi connectivity index (χ3n) is 3.85. The number of esters is 1. The molecule has 1 aliphatic heterocycles. The van der Waals surface area contributed by atoms with Crippen LogP contribution in [0.15, 0.2) is 34.7 Å². The number of sulfonamides is 1. The fraction of sp³-hybridized carbons (Fsp3) is 0.412. The van der Waals surface area contributed by atoms with E-state index in [2.05, 4.69) is 0 Å². The monoisotopic (exact) mass is 402 g/mol. The molecule has 1 amide bonds. The summed E-state index contributed by atoms with van der Waals surface area (Å²) in [5.41, 5.74) is 0.728. The van der Waals surface area contributed by atoms with Gasteiger partial charge in [-0.1, -0.05) is 11.6 Å². The van der Waals surface area contributed by atoms with E-state index in [-0.39, 0.29) is 26.2 Å². The van der Waals surface area contributed by atoms with Crippen LogP contribution in [0.2, 0.25) is 0 Å². The largest absolute Gasteiger partial charge is 0.452 e. The molecule has 0 bridgehead atoms. The number of rotatable bonds is 5. The summed E-state index contributed by atoms with van der Waals surface area (Å²) in [6, 6.07) is 2.82. The number of allylic oxidation sites excluding steroid dienone is 1. The quantitative estimate of drug-likeness (QED) is 0.548. The molecule has 2 rings (SSSR count). The Bertz CT molecular complexity index is 838. The molecule has 0 radical (unpaired) electrons. The van der Waals surface area contributed by atoms with Crippen molar-refractivity contribution in [2.24, 2.45) is 0 Å². The molecule has 1 aromatic rings. The minimum absolute atomic E-state index is 0.0222. The molecule has 0 aromatic heterocycles. The highest BCUT2D eigenvalue weighted by Crippen LogP contribution is 2.23. The van der Waals surface area contributed by atoms with Gasteiger partial charge in [-0.3, -0.25) is 4.79 Å². The second-order valence-corrected chi connectivity index (χ2v) is 8.04. The Morgan fingerprint density at radius 2 is 1.67 bits per heavy atom. The number of halogens is 2. The van der Waals surface area contributed by atoms with Crippen LogP contribution in [-0.4, -0.2) is 62.3 Å². The van der Waals surface area contributed by atoms with Gasteiger partial charge in [0.2, 0.25) is 10.0 Å². The van der Waals surface area contributed by atoms with Gasteiger partial charge in [-0.25, -0.2) is 22.0 Å². The predicted molar refractivity (Wildman–Crippen MR) is 92.1 cm³/mol. The van der Waals surface area contributed by atoms with Gasteiger partial charge in [0.05, 0.1) is 0 Å². The summed E-state index contributed by atoms with van der Waals surface area (Å²) in [6.45, 7) is 2.76. The molecule has 7 nitrogen and oxygen atoms in total. The van der Waals surface area contributed by atoms with Crippen molar-refractivity contribution in [2.75, 3.05) is 32.8 Å². The van der Waals surface area contributed by atoms with E-state index in [4.69, 9.17) is 4.74 Å². The molecular weight excluding hydrogens is 382 g/mol. The molecule has 10 heteroatoms. The highest BCUT2D eigenvalue weighted by atomic mass is 32.2. The Hall–Kier alpha value is -2.33. The fourth-order valence-electron chi connectivity index (χ4n) is 2.54. The maximum Gasteiger partial charge on any atom is 0.331 e. The van der Waals surface area contributed by atoms with Crippen LogP contribution in [0, 0.1) is 11.6 Å². The van der Waals surface area contributed by atoms with E-state index in [0.717, 1.165) is 28.1 Å². The summed E-state index contributed by atoms with van der Waals surface area (Å²) < 4.78 is 58.3. The summed E-state index contributed by atoms with van der Waals surface area (Å²) in [4.78, 5) is 23.8. The van der Waals surface area contributed by atoms with Gasteiger partial charge in [0.25, 0.3) is 5.91 Å². The van der Waals surface area contributed by atoms with Crippen molar-refractivity contribution < 1.29 is 31.5 Å². The summed E-state index contributed by atoms with van der Waals surface area (Å²) in [5, 5.41) is 0. The third-order valence-corrected chi connectivity index (χ3v) is 5.80. The van der Waals surface area contributed by atoms with Gasteiger partial charge in [-0.05, 0) is 26.0 Å². The summed E-state index contributed by atoms with van der Waals surface area (Å²) in [5.74, 6) is -3.45. The smallest absolute Gasteiger partial charge is 0.331 e. The van der Waals surface area contributed by atoms with Crippen molar-refractivity contribution in [3.63, 3.8) is 0 Å². The van der Waals surface area contributed by atoms with Crippen LogP contribution >= 0.6 is 0 Å². The average molecular weight is 402 g/mol. The standard InChI is InChI=1S/C17H20F2N2O5S/c1-12(2)10-16(23)26-11-15(22)20-6-8-21(9-7-20)27(24,25)17-13(18)4-3-5-14(17)19/h3-5,10H,6-9,11H2,1-2H3. The molecule has 1 fully saturated rings. The number of carbonyl (C=O) groups is 2. The van der Waals surface area contributed by atoms with Crippen molar-refractivity contribution in [1.82, 2.24) is 9.21 Å². The van der Waals surface area contributed by atoms with Crippen LogP contribution < -0.4 is 0 Å². The Balaban J connectivity index is 1.97. The lowest BCUT2D eigenvalue weighted by molar-refractivity contribution is -0.148. The molecule has 0 unspecified atom stereocenters. The summed E-state index contributed by atoms with van der Waals surface area (Å²) in [7, 11) is -4.36. The summed E-state index contributed by atoms with van der Waals surface area (Å²) >= 11 is 0. The Labute approximate surface area is 156 Å². The Morgan fingerprint density at radius 1 is 1.11 bits per heavy atom. The number of amides is 1. The second-order valence-electron chi connectivity index (χ2n) is 6.17. The van der Waals surface area contributed by atoms with Crippen LogP contribution in [0.1, 0.15) is 13.8 Å². The van der Waals surface area contributed by atoms with E-state index < -0.39 is 45.0 Å². The van der Waals surface area contributed by atoms with Crippen LogP contribution in [-0.2, 0) is 24.3 Å². The van der Waals surface area contributed by atoms with Gasteiger partial charge in [-0.15, -0.1) is 0 Å². The van der Waals surface area contributed by atoms with E-state index in [0.29, 0.717) is 0 Å². The molecule has 0 saturated carbocycles. The molecule has 1 aliphatic rings. The number of hydrogen-bond acceptors (Lipinski definition) is 5. The molecule has 1 heterocycles. The number of piperazine rings is 1. The number of carbonyl (C=O) groups excluding carboxylic acids is 2. The number of benzene rings is 1. The zero-order chi connectivity index (χ0) is 20.2. The van der Waals surface area contributed by atoms with E-state index in [1.54, 1.807) is 13.8 Å². The highest BCUT2D eigenvalue weighted by Gasteiger charge is 2.34. The topological polar surface area (TPSA) is 84.0 Å². The van der Waals surface area contributed by atoms with E-state index in [1.165, 1.54) is 11.0 Å². The Kier molecular flexibility index (Phi) is 6.66. The lowest BCUT2D eigenvalue weighted by atomic mass is 10.3. The maximum atomic E-state index is 13.8. The van der Waals surface area contributed by atoms with Crippen LogP contribution in [0.3, 0.4) is 0 Å². The lowest BCUT2D eigenvalue weighted by Crippen LogP contribution is -2.51. The molecule has 0 spiro atoms. The van der Waals surface area contributed by atoms with Crippen molar-refractivity contribution >= 4 is 21.9 Å². The van der Waals surface area contributed by atoms with Crippen LogP contribution in [0.25, 0.3) is 0 Å². The fourth-order valence-corrected chi connectivity index (χ4v) is 4.07. The van der Waals surface area contributed by atoms with Gasteiger partial charge in [0.1, 0.15) is 11.6 Å². The SMILES string of the molecule is CC(C)=CC(=O)OCC(=O)N1CCN(S(=O)(=O)c2c(F)cccc2F)CC1. The van der Waals surface area contributed by atoms with Gasteiger partial charge in [-0.2, -0.15) is 4.31 Å². The van der Waals surface area contributed by atoms with Crippen molar-refractivity contribution in [3.8, 4) is 0 Å². The molecule has 0 N–H and O–H groups in total. The summed E-state index contributed by atoms with van der Waals surface area (Å²) in [6.07, 6.45) is 1.25. The van der Waals surface area contributed by atoms with Crippen LogP contribution in [0.4, 0.5) is 8.78 Å². The average Bonchev–Trinajstić information content (AvgIpc) is 2.59. The first-order valence-corrected chi connectivity index (χ1v) is 9.60. The van der Waals surface area contributed by atoms with Gasteiger partial charge in [0, 0.05) is 32.3 Å². The second kappa shape index (κ2) is 8.57. The third kappa shape index (κ3) is 5.10. The van der Waals surface area contributed by atoms with E-state index in [1.807, 2.05) is 0 Å². The number of nitrogens with zero attached hydrogens (tertiary/aromatic N) is 2. The van der Waals surface area contributed by atoms with Gasteiger partial charge in [0.15, 0.2) is 11.5 Å². The van der Waals surface area contributed by atoms with Gasteiger partial charge >= 0.3 is 5.97 Å². The zero-order valence-corrected chi connectivity index (χ0v) is 15.8. The molecule has 1 saturated heterocycles. The van der Waals surface area contributed by atoms with Gasteiger partial charge < -0.3 is 9.64 Å². The first-order valence-electron chi connectivity index (χ1n) is 8.16. The molecule has 27 heavy (non-hydrogen) atoms. The first-order chi connectivity index (χ1) is 12.6. The molecule has 0 atom stereocenters. The zero-order valence-electron chi connectivity index (χ0n) is 14.9. The number of ether oxygens (including phenoxy) is 1. The first kappa shape index (κ1) is 21.0. The predicted octanol–water partition coefficient (Wildman–Crippen LogP) is 1.31. The van der Waals surface area contributed by atoms with Crippen molar-refractivity contribution in [2.45, 2.75) is 18.7 Å². The molecule has 0 aliphatic carbocycles. The van der Waals surface area contributed by atoms with E-state index in [9.17, 15) is 26.8 Å². The Morgan fingerprint density at radius 3 is 2.19 bits per heavy atom. The molecule has 1 aromatic carbocycles. The lowest BCUT2D eigenvalue weighted by Gasteiger charge is -2.33. The van der Waals surface area contributed by atoms with E-state index >= 15 is 0 Å². The van der Waals surface area contributed by atoms with Crippen molar-refractivity contribution in [1.29, 1.82) is 0 Å². The normalized spacial score (nSPS) is 15.3. The van der Waals surface area contributed by atoms with Crippen molar-refractivity contribution in [3.05, 3.63) is 41.5 Å². The number of hydrogen-bond donors (Lipinski definition) is 0. The molecular formula is C17H20F2N2O5S. The van der Waals surface area contributed by atoms with Crippen LogP contribution in [0.5, 0.6) is 0 Å².